The molecule has 0 saturated carbocycles. The molecule has 0 spiro atoms. The molecular formula is C20H18F3N3O3. The number of amides is 4. The summed E-state index contributed by atoms with van der Waals surface area (Å²) in [6, 6.07) is 11.4. The van der Waals surface area contributed by atoms with Crippen LogP contribution in [0.2, 0.25) is 0 Å². The van der Waals surface area contributed by atoms with Gasteiger partial charge in [-0.25, -0.2) is 4.79 Å². The predicted octanol–water partition coefficient (Wildman–Crippen LogP) is 2.90. The van der Waals surface area contributed by atoms with E-state index in [9.17, 15) is 27.6 Å². The summed E-state index contributed by atoms with van der Waals surface area (Å²) in [4.78, 5) is 39.2. The lowest BCUT2D eigenvalue weighted by atomic mass is 9.89. The Kier molecular flexibility index (Phi) is 5.08. The zero-order valence-corrected chi connectivity index (χ0v) is 15.7. The lowest BCUT2D eigenvalue weighted by molar-refractivity contribution is -0.198. The minimum absolute atomic E-state index is 0.296. The fourth-order valence-electron chi connectivity index (χ4n) is 3.20. The molecule has 1 unspecified atom stereocenters. The van der Waals surface area contributed by atoms with E-state index in [1.54, 1.807) is 26.2 Å². The summed E-state index contributed by atoms with van der Waals surface area (Å²) >= 11 is 0. The van der Waals surface area contributed by atoms with E-state index >= 15 is 0 Å². The third-order valence-electron chi connectivity index (χ3n) is 4.66. The highest BCUT2D eigenvalue weighted by atomic mass is 19.4. The van der Waals surface area contributed by atoms with Crippen LogP contribution in [0.15, 0.2) is 54.6 Å². The molecule has 0 radical (unpaired) electrons. The van der Waals surface area contributed by atoms with Crippen molar-refractivity contribution < 1.29 is 27.6 Å². The maximum absolute atomic E-state index is 14.0. The van der Waals surface area contributed by atoms with Gasteiger partial charge in [-0.15, -0.1) is 0 Å². The van der Waals surface area contributed by atoms with Gasteiger partial charge in [0.25, 0.3) is 11.8 Å². The molecule has 3 rings (SSSR count). The molecule has 4 amide bonds. The molecule has 152 valence electrons. The van der Waals surface area contributed by atoms with Crippen LogP contribution in [0.25, 0.3) is 0 Å². The molecule has 1 fully saturated rings. The summed E-state index contributed by atoms with van der Waals surface area (Å²) in [6.45, 7) is -0.399. The quantitative estimate of drug-likeness (QED) is 0.796. The summed E-state index contributed by atoms with van der Waals surface area (Å²) in [7, 11) is 3.12. The SMILES string of the molecule is CN(C)C(=O)c1cccc(CN2C(=O)NC(c3ccccc3)(C(F)(F)F)C2=O)c1. The molecule has 1 saturated heterocycles. The number of carbonyl (C=O) groups is 3. The molecule has 1 heterocycles. The van der Waals surface area contributed by atoms with Crippen LogP contribution in [-0.2, 0) is 16.9 Å². The van der Waals surface area contributed by atoms with Gasteiger partial charge in [0.15, 0.2) is 0 Å². The van der Waals surface area contributed by atoms with Gasteiger partial charge in [-0.2, -0.15) is 13.2 Å². The summed E-state index contributed by atoms with van der Waals surface area (Å²) < 4.78 is 42.0. The third kappa shape index (κ3) is 3.43. The van der Waals surface area contributed by atoms with E-state index in [0.29, 0.717) is 16.0 Å². The van der Waals surface area contributed by atoms with E-state index in [0.717, 1.165) is 12.1 Å². The largest absolute Gasteiger partial charge is 0.425 e. The lowest BCUT2D eigenvalue weighted by Gasteiger charge is -2.29. The topological polar surface area (TPSA) is 69.7 Å². The molecule has 1 aliphatic heterocycles. The van der Waals surface area contributed by atoms with E-state index in [1.165, 1.54) is 35.2 Å². The number of imide groups is 1. The van der Waals surface area contributed by atoms with Crippen molar-refractivity contribution in [2.24, 2.45) is 0 Å². The number of rotatable bonds is 4. The number of halogens is 3. The highest BCUT2D eigenvalue weighted by molar-refractivity contribution is 6.08. The van der Waals surface area contributed by atoms with Crippen LogP contribution in [0.5, 0.6) is 0 Å². The minimum Gasteiger partial charge on any atom is -0.345 e. The van der Waals surface area contributed by atoms with Gasteiger partial charge in [0.05, 0.1) is 6.54 Å². The zero-order chi connectivity index (χ0) is 21.4. The Labute approximate surface area is 164 Å². The number of nitrogens with one attached hydrogen (secondary N) is 1. The summed E-state index contributed by atoms with van der Waals surface area (Å²) in [5.74, 6) is -1.72. The number of benzene rings is 2. The van der Waals surface area contributed by atoms with Gasteiger partial charge in [-0.05, 0) is 23.3 Å². The fraction of sp³-hybridized carbons (Fsp3) is 0.250. The van der Waals surface area contributed by atoms with Crippen LogP contribution in [0, 0.1) is 0 Å². The smallest absolute Gasteiger partial charge is 0.345 e. The molecule has 2 aromatic carbocycles. The van der Waals surface area contributed by atoms with Gasteiger partial charge >= 0.3 is 12.2 Å². The molecule has 0 aromatic heterocycles. The van der Waals surface area contributed by atoms with Crippen LogP contribution >= 0.6 is 0 Å². The number of urea groups is 1. The molecule has 2 aromatic rings. The molecule has 9 heteroatoms. The van der Waals surface area contributed by atoms with Crippen molar-refractivity contribution >= 4 is 17.8 Å². The van der Waals surface area contributed by atoms with Crippen molar-refractivity contribution in [3.63, 3.8) is 0 Å². The second kappa shape index (κ2) is 7.23. The van der Waals surface area contributed by atoms with Crippen molar-refractivity contribution in [2.75, 3.05) is 14.1 Å². The standard InChI is InChI=1S/C20H18F3N3O3/c1-25(2)16(27)14-8-6-7-13(11-14)12-26-17(28)19(20(21,22)23,24-18(26)29)15-9-4-3-5-10-15/h3-11H,12H2,1-2H3,(H,24,29). The maximum atomic E-state index is 14.0. The van der Waals surface area contributed by atoms with E-state index in [2.05, 4.69) is 0 Å². The van der Waals surface area contributed by atoms with Gasteiger partial charge in [-0.3, -0.25) is 14.5 Å². The molecular weight excluding hydrogens is 387 g/mol. The molecule has 1 N–H and O–H groups in total. The van der Waals surface area contributed by atoms with Crippen LogP contribution in [0.1, 0.15) is 21.5 Å². The highest BCUT2D eigenvalue weighted by Crippen LogP contribution is 2.43. The number of alkyl halides is 3. The molecule has 29 heavy (non-hydrogen) atoms. The Morgan fingerprint density at radius 3 is 2.31 bits per heavy atom. The second-order valence-electron chi connectivity index (χ2n) is 6.84. The third-order valence-corrected chi connectivity index (χ3v) is 4.66. The Morgan fingerprint density at radius 1 is 1.07 bits per heavy atom. The Morgan fingerprint density at radius 2 is 1.72 bits per heavy atom. The van der Waals surface area contributed by atoms with Crippen LogP contribution in [-0.4, -0.2) is 47.9 Å². The zero-order valence-electron chi connectivity index (χ0n) is 15.7. The minimum atomic E-state index is -5.04. The predicted molar refractivity (Wildman–Crippen MR) is 97.7 cm³/mol. The molecule has 0 bridgehead atoms. The number of hydrogen-bond acceptors (Lipinski definition) is 3. The number of carbonyl (C=O) groups excluding carboxylic acids is 3. The second-order valence-corrected chi connectivity index (χ2v) is 6.84. The van der Waals surface area contributed by atoms with Crippen molar-refractivity contribution in [2.45, 2.75) is 18.3 Å². The summed E-state index contributed by atoms with van der Waals surface area (Å²) in [5, 5.41) is 1.84. The van der Waals surface area contributed by atoms with E-state index < -0.39 is 30.2 Å². The highest BCUT2D eigenvalue weighted by Gasteiger charge is 2.68. The van der Waals surface area contributed by atoms with Gasteiger partial charge in [0.2, 0.25) is 5.54 Å². The monoisotopic (exact) mass is 405 g/mol. The first-order valence-corrected chi connectivity index (χ1v) is 8.65. The first-order chi connectivity index (χ1) is 13.6. The van der Waals surface area contributed by atoms with Crippen LogP contribution in [0.4, 0.5) is 18.0 Å². The van der Waals surface area contributed by atoms with Gasteiger partial charge in [0.1, 0.15) is 0 Å². The molecule has 0 aliphatic carbocycles. The Balaban J connectivity index is 1.97. The van der Waals surface area contributed by atoms with Crippen LogP contribution < -0.4 is 5.32 Å². The number of nitrogens with zero attached hydrogens (tertiary/aromatic N) is 2. The lowest BCUT2D eigenvalue weighted by Crippen LogP contribution is -2.55. The molecule has 6 nitrogen and oxygen atoms in total. The average molecular weight is 405 g/mol. The summed E-state index contributed by atoms with van der Waals surface area (Å²) in [6.07, 6.45) is -5.04. The molecule has 1 atom stereocenters. The number of hydrogen-bond donors (Lipinski definition) is 1. The van der Waals surface area contributed by atoms with Crippen molar-refractivity contribution in [3.05, 3.63) is 71.3 Å². The van der Waals surface area contributed by atoms with E-state index in [-0.39, 0.29) is 11.5 Å². The summed E-state index contributed by atoms with van der Waals surface area (Å²) in [5.41, 5.74) is -2.87. The van der Waals surface area contributed by atoms with Crippen LogP contribution in [0.3, 0.4) is 0 Å². The maximum Gasteiger partial charge on any atom is 0.425 e. The first kappa shape index (κ1) is 20.4. The van der Waals surface area contributed by atoms with Crippen molar-refractivity contribution in [1.29, 1.82) is 0 Å². The Bertz CT molecular complexity index is 960. The normalized spacial score (nSPS) is 19.3. The van der Waals surface area contributed by atoms with Gasteiger partial charge in [-0.1, -0.05) is 42.5 Å². The van der Waals surface area contributed by atoms with E-state index in [4.69, 9.17) is 0 Å². The molecule has 1 aliphatic rings. The van der Waals surface area contributed by atoms with Gasteiger partial charge < -0.3 is 10.2 Å². The van der Waals surface area contributed by atoms with Crippen molar-refractivity contribution in [1.82, 2.24) is 15.1 Å². The van der Waals surface area contributed by atoms with E-state index in [1.807, 2.05) is 5.32 Å². The Hall–Kier alpha value is -3.36. The van der Waals surface area contributed by atoms with Crippen molar-refractivity contribution in [3.8, 4) is 0 Å². The fourth-order valence-corrected chi connectivity index (χ4v) is 3.20. The average Bonchev–Trinajstić information content (AvgIpc) is 2.93. The first-order valence-electron chi connectivity index (χ1n) is 8.65. The van der Waals surface area contributed by atoms with Gasteiger partial charge in [0, 0.05) is 19.7 Å².